The van der Waals surface area contributed by atoms with Crippen molar-refractivity contribution in [3.05, 3.63) is 59.7 Å². The van der Waals surface area contributed by atoms with E-state index in [4.69, 9.17) is 0 Å². The lowest BCUT2D eigenvalue weighted by Gasteiger charge is -2.34. The van der Waals surface area contributed by atoms with E-state index in [0.717, 1.165) is 18.4 Å². The molecule has 0 fully saturated rings. The van der Waals surface area contributed by atoms with Crippen molar-refractivity contribution < 1.29 is 5.11 Å². The van der Waals surface area contributed by atoms with Crippen LogP contribution in [0.5, 0.6) is 5.75 Å². The Balaban J connectivity index is 2.04. The lowest BCUT2D eigenvalue weighted by atomic mass is 10.0. The van der Waals surface area contributed by atoms with Crippen LogP contribution in [0.3, 0.4) is 0 Å². The molecule has 1 aliphatic rings. The Kier molecular flexibility index (Phi) is 3.39. The third-order valence-electron chi connectivity index (χ3n) is 4.28. The second kappa shape index (κ2) is 5.20. The summed E-state index contributed by atoms with van der Waals surface area (Å²) in [6, 6.07) is 17.0. The molecule has 2 unspecified atom stereocenters. The Morgan fingerprint density at radius 1 is 1.15 bits per heavy atom. The van der Waals surface area contributed by atoms with E-state index in [2.05, 4.69) is 43.0 Å². The molecule has 104 valence electrons. The van der Waals surface area contributed by atoms with Gasteiger partial charge in [0, 0.05) is 17.3 Å². The quantitative estimate of drug-likeness (QED) is 0.896. The van der Waals surface area contributed by atoms with E-state index in [0.29, 0.717) is 11.8 Å². The average molecular weight is 267 g/mol. The summed E-state index contributed by atoms with van der Waals surface area (Å²) < 4.78 is 0. The fraction of sp³-hybridized carbons (Fsp3) is 0.333. The van der Waals surface area contributed by atoms with Gasteiger partial charge in [0.2, 0.25) is 0 Å². The van der Waals surface area contributed by atoms with Crippen molar-refractivity contribution in [2.75, 3.05) is 4.90 Å². The number of phenols is 1. The topological polar surface area (TPSA) is 23.5 Å². The molecule has 1 heterocycles. The highest BCUT2D eigenvalue weighted by Crippen LogP contribution is 2.41. The summed E-state index contributed by atoms with van der Waals surface area (Å²) in [5.74, 6) is 0.399. The van der Waals surface area contributed by atoms with Crippen LogP contribution in [0.1, 0.15) is 37.4 Å². The molecule has 0 spiro atoms. The number of para-hydroxylation sites is 2. The molecule has 2 atom stereocenters. The first-order chi connectivity index (χ1) is 9.72. The van der Waals surface area contributed by atoms with Crippen LogP contribution in [-0.2, 0) is 6.42 Å². The fourth-order valence-corrected chi connectivity index (χ4v) is 3.40. The maximum atomic E-state index is 10.2. The van der Waals surface area contributed by atoms with Gasteiger partial charge in [-0.05, 0) is 37.5 Å². The van der Waals surface area contributed by atoms with Crippen LogP contribution >= 0.6 is 0 Å². The smallest absolute Gasteiger partial charge is 0.120 e. The van der Waals surface area contributed by atoms with E-state index in [1.54, 1.807) is 6.07 Å². The second-order valence-electron chi connectivity index (χ2n) is 5.57. The molecule has 2 heteroatoms. The van der Waals surface area contributed by atoms with Crippen molar-refractivity contribution in [2.45, 2.75) is 38.8 Å². The molecule has 0 aromatic heterocycles. The van der Waals surface area contributed by atoms with Crippen LogP contribution in [-0.4, -0.2) is 11.1 Å². The molecule has 2 nitrogen and oxygen atoms in total. The molecule has 20 heavy (non-hydrogen) atoms. The molecule has 2 aromatic carbocycles. The van der Waals surface area contributed by atoms with Crippen molar-refractivity contribution >= 4 is 5.69 Å². The maximum Gasteiger partial charge on any atom is 0.120 e. The number of hydrogen-bond acceptors (Lipinski definition) is 2. The molecule has 1 aliphatic heterocycles. The van der Waals surface area contributed by atoms with Crippen molar-refractivity contribution in [2.24, 2.45) is 0 Å². The Morgan fingerprint density at radius 3 is 2.60 bits per heavy atom. The normalized spacial score (nSPS) is 18.9. The molecule has 0 radical (unpaired) electrons. The van der Waals surface area contributed by atoms with Gasteiger partial charge >= 0.3 is 0 Å². The minimum absolute atomic E-state index is 0.231. The number of nitrogens with zero attached hydrogens (tertiary/aromatic N) is 1. The molecule has 0 aliphatic carbocycles. The SMILES string of the molecule is CCC(c1ccccc1O)N1c2ccccc2CC1C. The minimum atomic E-state index is 0.231. The zero-order valence-electron chi connectivity index (χ0n) is 12.1. The zero-order chi connectivity index (χ0) is 14.1. The molecule has 1 N–H and O–H groups in total. The molecule has 3 rings (SSSR count). The first-order valence-electron chi connectivity index (χ1n) is 7.36. The monoisotopic (exact) mass is 267 g/mol. The van der Waals surface area contributed by atoms with Crippen LogP contribution in [0.25, 0.3) is 0 Å². The van der Waals surface area contributed by atoms with E-state index in [9.17, 15) is 5.11 Å². The van der Waals surface area contributed by atoms with Crippen LogP contribution in [0.15, 0.2) is 48.5 Å². The van der Waals surface area contributed by atoms with Crippen LogP contribution < -0.4 is 4.90 Å². The van der Waals surface area contributed by atoms with Gasteiger partial charge in [-0.2, -0.15) is 0 Å². The highest BCUT2D eigenvalue weighted by molar-refractivity contribution is 5.61. The molecule has 0 saturated heterocycles. The van der Waals surface area contributed by atoms with Gasteiger partial charge in [0.15, 0.2) is 0 Å². The molecule has 0 saturated carbocycles. The lowest BCUT2D eigenvalue weighted by molar-refractivity contribution is 0.451. The van der Waals surface area contributed by atoms with E-state index >= 15 is 0 Å². The van der Waals surface area contributed by atoms with Crippen molar-refractivity contribution in [1.29, 1.82) is 0 Å². The van der Waals surface area contributed by atoms with Gasteiger partial charge in [0.05, 0.1) is 6.04 Å². The summed E-state index contributed by atoms with van der Waals surface area (Å²) in [6.07, 6.45) is 2.07. The number of aromatic hydroxyl groups is 1. The fourth-order valence-electron chi connectivity index (χ4n) is 3.40. The predicted molar refractivity (Wildman–Crippen MR) is 83.2 cm³/mol. The Hall–Kier alpha value is -1.96. The highest BCUT2D eigenvalue weighted by Gasteiger charge is 2.32. The van der Waals surface area contributed by atoms with Crippen LogP contribution in [0, 0.1) is 0 Å². The van der Waals surface area contributed by atoms with E-state index in [1.807, 2.05) is 18.2 Å². The molecular weight excluding hydrogens is 246 g/mol. The number of benzene rings is 2. The minimum Gasteiger partial charge on any atom is -0.508 e. The van der Waals surface area contributed by atoms with Crippen molar-refractivity contribution in [3.63, 3.8) is 0 Å². The summed E-state index contributed by atoms with van der Waals surface area (Å²) >= 11 is 0. The van der Waals surface area contributed by atoms with Gasteiger partial charge in [0.25, 0.3) is 0 Å². The number of phenolic OH excluding ortho intramolecular Hbond substituents is 1. The van der Waals surface area contributed by atoms with Gasteiger partial charge in [-0.15, -0.1) is 0 Å². The molecule has 0 amide bonds. The first kappa shape index (κ1) is 13.0. The summed E-state index contributed by atoms with van der Waals surface area (Å²) in [5.41, 5.74) is 3.75. The van der Waals surface area contributed by atoms with E-state index in [-0.39, 0.29) is 6.04 Å². The summed E-state index contributed by atoms with van der Waals surface area (Å²) in [6.45, 7) is 4.45. The van der Waals surface area contributed by atoms with E-state index in [1.165, 1.54) is 11.3 Å². The Bertz CT molecular complexity index is 608. The largest absolute Gasteiger partial charge is 0.508 e. The number of hydrogen-bond donors (Lipinski definition) is 1. The molecule has 0 bridgehead atoms. The maximum absolute atomic E-state index is 10.2. The van der Waals surface area contributed by atoms with Crippen LogP contribution in [0.2, 0.25) is 0 Å². The van der Waals surface area contributed by atoms with Gasteiger partial charge < -0.3 is 10.0 Å². The molecular formula is C18H21NO. The van der Waals surface area contributed by atoms with Crippen molar-refractivity contribution in [1.82, 2.24) is 0 Å². The first-order valence-corrected chi connectivity index (χ1v) is 7.36. The highest BCUT2D eigenvalue weighted by atomic mass is 16.3. The second-order valence-corrected chi connectivity index (χ2v) is 5.57. The van der Waals surface area contributed by atoms with Crippen LogP contribution in [0.4, 0.5) is 5.69 Å². The predicted octanol–water partition coefficient (Wildman–Crippen LogP) is 4.29. The summed E-state index contributed by atoms with van der Waals surface area (Å²) in [5, 5.41) is 10.2. The zero-order valence-corrected chi connectivity index (χ0v) is 12.1. The van der Waals surface area contributed by atoms with Gasteiger partial charge in [0.1, 0.15) is 5.75 Å². The lowest BCUT2D eigenvalue weighted by Crippen LogP contribution is -2.33. The Labute approximate surface area is 120 Å². The van der Waals surface area contributed by atoms with Gasteiger partial charge in [-0.3, -0.25) is 0 Å². The number of anilines is 1. The standard InChI is InChI=1S/C18H21NO/c1-3-16(15-9-5-7-11-18(15)20)19-13(2)12-14-8-4-6-10-17(14)19/h4-11,13,16,20H,3,12H2,1-2H3. The summed E-state index contributed by atoms with van der Waals surface area (Å²) in [7, 11) is 0. The third kappa shape index (κ3) is 2.05. The third-order valence-corrected chi connectivity index (χ3v) is 4.28. The van der Waals surface area contributed by atoms with Crippen molar-refractivity contribution in [3.8, 4) is 5.75 Å². The van der Waals surface area contributed by atoms with Gasteiger partial charge in [-0.25, -0.2) is 0 Å². The summed E-state index contributed by atoms with van der Waals surface area (Å²) in [4.78, 5) is 2.46. The van der Waals surface area contributed by atoms with E-state index < -0.39 is 0 Å². The Morgan fingerprint density at radius 2 is 1.85 bits per heavy atom. The average Bonchev–Trinajstić information content (AvgIpc) is 2.78. The number of rotatable bonds is 3. The number of fused-ring (bicyclic) bond motifs is 1. The van der Waals surface area contributed by atoms with Gasteiger partial charge in [-0.1, -0.05) is 43.3 Å². The molecule has 2 aromatic rings.